The van der Waals surface area contributed by atoms with E-state index in [9.17, 15) is 4.79 Å². The third kappa shape index (κ3) is 3.13. The summed E-state index contributed by atoms with van der Waals surface area (Å²) in [6, 6.07) is 5.53. The number of carboxylic acids is 1. The van der Waals surface area contributed by atoms with Gasteiger partial charge in [0, 0.05) is 29.6 Å². The van der Waals surface area contributed by atoms with Crippen LogP contribution < -0.4 is 0 Å². The van der Waals surface area contributed by atoms with E-state index in [0.717, 1.165) is 11.3 Å². The van der Waals surface area contributed by atoms with Crippen molar-refractivity contribution in [2.24, 2.45) is 0 Å². The Morgan fingerprint density at radius 1 is 1.32 bits per heavy atom. The van der Waals surface area contributed by atoms with Crippen LogP contribution in [-0.2, 0) is 10.2 Å². The topological polar surface area (TPSA) is 76.0 Å². The Morgan fingerprint density at radius 2 is 2.11 bits per heavy atom. The fourth-order valence-electron chi connectivity index (χ4n) is 1.82. The molecule has 0 aromatic carbocycles. The summed E-state index contributed by atoms with van der Waals surface area (Å²) in [6.07, 6.45) is 5.05. The molecule has 2 heterocycles. The smallest absolute Gasteiger partial charge is 0.304 e. The monoisotopic (exact) mass is 257 g/mol. The van der Waals surface area contributed by atoms with E-state index < -0.39 is 11.4 Å². The van der Waals surface area contributed by atoms with Crippen molar-refractivity contribution in [3.63, 3.8) is 0 Å². The van der Waals surface area contributed by atoms with Crippen molar-refractivity contribution in [2.45, 2.75) is 25.7 Å². The molecule has 0 amide bonds. The van der Waals surface area contributed by atoms with Gasteiger partial charge in [-0.25, -0.2) is 9.97 Å². The van der Waals surface area contributed by atoms with E-state index in [0.29, 0.717) is 5.82 Å². The summed E-state index contributed by atoms with van der Waals surface area (Å²) in [5, 5.41) is 8.93. The van der Waals surface area contributed by atoms with E-state index in [-0.39, 0.29) is 6.42 Å². The van der Waals surface area contributed by atoms with E-state index in [2.05, 4.69) is 15.0 Å². The molecule has 0 fully saturated rings. The molecule has 1 N–H and O–H groups in total. The first-order valence-electron chi connectivity index (χ1n) is 5.95. The third-order valence-corrected chi connectivity index (χ3v) is 2.81. The van der Waals surface area contributed by atoms with Crippen LogP contribution in [0.15, 0.2) is 36.8 Å². The predicted octanol–water partition coefficient (Wildman–Crippen LogP) is 2.29. The fraction of sp³-hybridized carbons (Fsp3) is 0.286. The van der Waals surface area contributed by atoms with Crippen molar-refractivity contribution in [1.82, 2.24) is 15.0 Å². The second-order valence-corrected chi connectivity index (χ2v) is 4.96. The molecule has 0 atom stereocenters. The highest BCUT2D eigenvalue weighted by Gasteiger charge is 2.27. The van der Waals surface area contributed by atoms with Gasteiger partial charge in [0.25, 0.3) is 0 Å². The van der Waals surface area contributed by atoms with E-state index in [4.69, 9.17) is 5.11 Å². The Morgan fingerprint density at radius 3 is 2.74 bits per heavy atom. The van der Waals surface area contributed by atoms with Gasteiger partial charge < -0.3 is 5.11 Å². The number of aliphatic carboxylic acids is 1. The summed E-state index contributed by atoms with van der Waals surface area (Å²) in [7, 11) is 0. The van der Waals surface area contributed by atoms with Crippen LogP contribution in [0, 0.1) is 0 Å². The van der Waals surface area contributed by atoms with Crippen molar-refractivity contribution < 1.29 is 9.90 Å². The van der Waals surface area contributed by atoms with Gasteiger partial charge >= 0.3 is 5.97 Å². The van der Waals surface area contributed by atoms with Crippen molar-refractivity contribution in [1.29, 1.82) is 0 Å². The first kappa shape index (κ1) is 13.1. The number of rotatable bonds is 4. The van der Waals surface area contributed by atoms with Gasteiger partial charge in [0.1, 0.15) is 5.82 Å². The zero-order valence-electron chi connectivity index (χ0n) is 10.9. The SMILES string of the molecule is CC(C)(CC(=O)O)c1nccc(-c2cccnc2)n1. The zero-order chi connectivity index (χ0) is 13.9. The minimum atomic E-state index is -0.861. The Bertz CT molecular complexity index is 582. The second kappa shape index (κ2) is 5.14. The molecule has 0 spiro atoms. The van der Waals surface area contributed by atoms with Crippen LogP contribution in [0.25, 0.3) is 11.3 Å². The van der Waals surface area contributed by atoms with Crippen molar-refractivity contribution in [2.75, 3.05) is 0 Å². The fourth-order valence-corrected chi connectivity index (χ4v) is 1.82. The van der Waals surface area contributed by atoms with Crippen molar-refractivity contribution in [3.05, 3.63) is 42.6 Å². The molecule has 0 radical (unpaired) electrons. The average Bonchev–Trinajstić information content (AvgIpc) is 2.38. The van der Waals surface area contributed by atoms with Gasteiger partial charge in [-0.2, -0.15) is 0 Å². The van der Waals surface area contributed by atoms with Crippen LogP contribution in [-0.4, -0.2) is 26.0 Å². The van der Waals surface area contributed by atoms with Gasteiger partial charge in [0.15, 0.2) is 0 Å². The number of pyridine rings is 1. The van der Waals surface area contributed by atoms with Gasteiger partial charge in [-0.15, -0.1) is 0 Å². The molecule has 5 heteroatoms. The largest absolute Gasteiger partial charge is 0.481 e. The van der Waals surface area contributed by atoms with Gasteiger partial charge in [-0.1, -0.05) is 13.8 Å². The highest BCUT2D eigenvalue weighted by atomic mass is 16.4. The van der Waals surface area contributed by atoms with Crippen LogP contribution in [0.4, 0.5) is 0 Å². The quantitative estimate of drug-likeness (QED) is 0.909. The second-order valence-electron chi connectivity index (χ2n) is 4.96. The molecule has 0 aliphatic carbocycles. The van der Waals surface area contributed by atoms with E-state index in [1.165, 1.54) is 0 Å². The molecule has 2 aromatic heterocycles. The molecule has 0 saturated carbocycles. The summed E-state index contributed by atoms with van der Waals surface area (Å²) in [5.74, 6) is -0.336. The summed E-state index contributed by atoms with van der Waals surface area (Å²) in [5.41, 5.74) is 1.03. The molecule has 19 heavy (non-hydrogen) atoms. The zero-order valence-corrected chi connectivity index (χ0v) is 10.9. The highest BCUT2D eigenvalue weighted by molar-refractivity contribution is 5.68. The van der Waals surface area contributed by atoms with E-state index >= 15 is 0 Å². The van der Waals surface area contributed by atoms with Crippen molar-refractivity contribution in [3.8, 4) is 11.3 Å². The summed E-state index contributed by atoms with van der Waals surface area (Å²) in [6.45, 7) is 3.65. The molecule has 0 unspecified atom stereocenters. The molecule has 0 saturated heterocycles. The lowest BCUT2D eigenvalue weighted by Crippen LogP contribution is -2.24. The molecular formula is C14H15N3O2. The Hall–Kier alpha value is -2.30. The van der Waals surface area contributed by atoms with E-state index in [1.807, 2.05) is 26.0 Å². The number of aromatic nitrogens is 3. The number of hydrogen-bond acceptors (Lipinski definition) is 4. The molecule has 0 aliphatic heterocycles. The van der Waals surface area contributed by atoms with Crippen LogP contribution in [0.1, 0.15) is 26.1 Å². The minimum absolute atomic E-state index is 0.0104. The number of carboxylic acid groups (broad SMARTS) is 1. The van der Waals surface area contributed by atoms with Crippen LogP contribution >= 0.6 is 0 Å². The lowest BCUT2D eigenvalue weighted by molar-refractivity contribution is -0.138. The van der Waals surface area contributed by atoms with Crippen molar-refractivity contribution >= 4 is 5.97 Å². The van der Waals surface area contributed by atoms with Crippen LogP contribution in [0.2, 0.25) is 0 Å². The maximum atomic E-state index is 10.9. The Balaban J connectivity index is 2.37. The number of carbonyl (C=O) groups is 1. The maximum Gasteiger partial charge on any atom is 0.304 e. The predicted molar refractivity (Wildman–Crippen MR) is 70.5 cm³/mol. The molecule has 0 aliphatic rings. The first-order chi connectivity index (χ1) is 8.99. The molecular weight excluding hydrogens is 242 g/mol. The van der Waals surface area contributed by atoms with Gasteiger partial charge in [0.2, 0.25) is 0 Å². The lowest BCUT2D eigenvalue weighted by atomic mass is 9.88. The average molecular weight is 257 g/mol. The normalized spacial score (nSPS) is 11.3. The third-order valence-electron chi connectivity index (χ3n) is 2.81. The van der Waals surface area contributed by atoms with Crippen LogP contribution in [0.5, 0.6) is 0 Å². The summed E-state index contributed by atoms with van der Waals surface area (Å²) in [4.78, 5) is 23.6. The molecule has 98 valence electrons. The highest BCUT2D eigenvalue weighted by Crippen LogP contribution is 2.25. The number of nitrogens with zero attached hydrogens (tertiary/aromatic N) is 3. The first-order valence-corrected chi connectivity index (χ1v) is 5.95. The molecule has 0 bridgehead atoms. The van der Waals surface area contributed by atoms with Gasteiger partial charge in [-0.3, -0.25) is 9.78 Å². The van der Waals surface area contributed by atoms with Crippen LogP contribution in [0.3, 0.4) is 0 Å². The maximum absolute atomic E-state index is 10.9. The summed E-state index contributed by atoms with van der Waals surface area (Å²) < 4.78 is 0. The Kier molecular flexibility index (Phi) is 3.55. The Labute approximate surface area is 111 Å². The lowest BCUT2D eigenvalue weighted by Gasteiger charge is -2.20. The molecule has 2 rings (SSSR count). The van der Waals surface area contributed by atoms with Gasteiger partial charge in [0.05, 0.1) is 12.1 Å². The standard InChI is InChI=1S/C14H15N3O2/c1-14(2,8-12(18)19)13-16-7-5-11(17-13)10-4-3-6-15-9-10/h3-7,9H,8H2,1-2H3,(H,18,19). The van der Waals surface area contributed by atoms with E-state index in [1.54, 1.807) is 24.7 Å². The molecule has 5 nitrogen and oxygen atoms in total. The summed E-state index contributed by atoms with van der Waals surface area (Å²) >= 11 is 0. The molecule has 2 aromatic rings. The number of hydrogen-bond donors (Lipinski definition) is 1. The van der Waals surface area contributed by atoms with Gasteiger partial charge in [-0.05, 0) is 18.2 Å². The minimum Gasteiger partial charge on any atom is -0.481 e.